The number of nitrogens with zero attached hydrogens (tertiary/aromatic N) is 3. The Labute approximate surface area is 116 Å². The van der Waals surface area contributed by atoms with Crippen LogP contribution in [0.1, 0.15) is 18.9 Å². The molecular weight excluding hydrogens is 259 g/mol. The molecule has 0 aliphatic carbocycles. The van der Waals surface area contributed by atoms with Crippen LogP contribution in [-0.2, 0) is 0 Å². The van der Waals surface area contributed by atoms with Crippen LogP contribution in [0.4, 0.5) is 10.2 Å². The van der Waals surface area contributed by atoms with Crippen LogP contribution < -0.4 is 10.1 Å². The molecule has 2 aromatic rings. The van der Waals surface area contributed by atoms with Gasteiger partial charge in [-0.3, -0.25) is 0 Å². The first-order valence-electron chi connectivity index (χ1n) is 6.16. The average Bonchev–Trinajstić information content (AvgIpc) is 2.47. The summed E-state index contributed by atoms with van der Waals surface area (Å²) in [5.41, 5.74) is 0.239. The molecule has 20 heavy (non-hydrogen) atoms. The van der Waals surface area contributed by atoms with E-state index in [0.717, 1.165) is 19.0 Å². The van der Waals surface area contributed by atoms with Crippen molar-refractivity contribution in [3.8, 4) is 17.7 Å². The number of aromatic nitrogens is 2. The molecule has 0 unspecified atom stereocenters. The van der Waals surface area contributed by atoms with Crippen LogP contribution in [0.5, 0.6) is 11.6 Å². The lowest BCUT2D eigenvalue weighted by Crippen LogP contribution is -2.02. The zero-order valence-corrected chi connectivity index (χ0v) is 10.9. The zero-order chi connectivity index (χ0) is 14.4. The standard InChI is InChI=1S/C14H13FN4O/c1-2-5-17-13-7-14(19-9-18-13)20-12-4-3-10(8-16)6-11(12)15/h3-4,6-7,9H,2,5H2,1H3,(H,17,18,19). The Balaban J connectivity index is 2.15. The van der Waals surface area contributed by atoms with Crippen LogP contribution in [0.15, 0.2) is 30.6 Å². The molecule has 0 fully saturated rings. The fourth-order valence-electron chi connectivity index (χ4n) is 1.51. The van der Waals surface area contributed by atoms with Gasteiger partial charge < -0.3 is 10.1 Å². The smallest absolute Gasteiger partial charge is 0.224 e. The maximum Gasteiger partial charge on any atom is 0.224 e. The minimum Gasteiger partial charge on any atom is -0.436 e. The first kappa shape index (κ1) is 13.7. The lowest BCUT2D eigenvalue weighted by atomic mass is 10.2. The number of benzene rings is 1. The minimum absolute atomic E-state index is 0.0177. The molecule has 0 spiro atoms. The second-order valence-corrected chi connectivity index (χ2v) is 4.03. The molecule has 6 heteroatoms. The Morgan fingerprint density at radius 2 is 2.20 bits per heavy atom. The van der Waals surface area contributed by atoms with Gasteiger partial charge in [0.15, 0.2) is 11.6 Å². The average molecular weight is 272 g/mol. The predicted octanol–water partition coefficient (Wildman–Crippen LogP) is 3.10. The first-order chi connectivity index (χ1) is 9.72. The molecule has 1 N–H and O–H groups in total. The monoisotopic (exact) mass is 272 g/mol. The van der Waals surface area contributed by atoms with Crippen LogP contribution >= 0.6 is 0 Å². The molecule has 2 rings (SSSR count). The summed E-state index contributed by atoms with van der Waals surface area (Å²) in [6, 6.07) is 7.45. The second-order valence-electron chi connectivity index (χ2n) is 4.03. The van der Waals surface area contributed by atoms with Crippen molar-refractivity contribution >= 4 is 5.82 Å². The lowest BCUT2D eigenvalue weighted by Gasteiger charge is -2.08. The third-order valence-corrected chi connectivity index (χ3v) is 2.47. The van der Waals surface area contributed by atoms with Crippen LogP contribution in [0.3, 0.4) is 0 Å². The van der Waals surface area contributed by atoms with E-state index >= 15 is 0 Å². The number of ether oxygens (including phenoxy) is 1. The highest BCUT2D eigenvalue weighted by molar-refractivity contribution is 5.41. The van der Waals surface area contributed by atoms with Gasteiger partial charge in [-0.2, -0.15) is 5.26 Å². The molecule has 0 amide bonds. The predicted molar refractivity (Wildman–Crippen MR) is 72.0 cm³/mol. The van der Waals surface area contributed by atoms with Crippen LogP contribution in [0, 0.1) is 17.1 Å². The summed E-state index contributed by atoms with van der Waals surface area (Å²) in [7, 11) is 0. The van der Waals surface area contributed by atoms with Gasteiger partial charge in [0.05, 0.1) is 11.6 Å². The fourth-order valence-corrected chi connectivity index (χ4v) is 1.51. The molecule has 5 nitrogen and oxygen atoms in total. The molecule has 0 saturated heterocycles. The molecule has 0 bridgehead atoms. The van der Waals surface area contributed by atoms with E-state index in [1.807, 2.05) is 13.0 Å². The summed E-state index contributed by atoms with van der Waals surface area (Å²) in [5, 5.41) is 11.8. The van der Waals surface area contributed by atoms with E-state index in [9.17, 15) is 4.39 Å². The summed E-state index contributed by atoms with van der Waals surface area (Å²) in [4.78, 5) is 7.95. The van der Waals surface area contributed by atoms with E-state index in [-0.39, 0.29) is 17.2 Å². The summed E-state index contributed by atoms with van der Waals surface area (Å²) >= 11 is 0. The Bertz CT molecular complexity index is 639. The number of rotatable bonds is 5. The maximum atomic E-state index is 13.7. The fraction of sp³-hybridized carbons (Fsp3) is 0.214. The molecule has 0 aliphatic heterocycles. The molecule has 0 radical (unpaired) electrons. The van der Waals surface area contributed by atoms with Crippen LogP contribution in [-0.4, -0.2) is 16.5 Å². The van der Waals surface area contributed by atoms with Gasteiger partial charge in [-0.1, -0.05) is 6.92 Å². The van der Waals surface area contributed by atoms with Crippen molar-refractivity contribution in [2.24, 2.45) is 0 Å². The van der Waals surface area contributed by atoms with Gasteiger partial charge >= 0.3 is 0 Å². The van der Waals surface area contributed by atoms with E-state index in [4.69, 9.17) is 10.00 Å². The van der Waals surface area contributed by atoms with Gasteiger partial charge in [0.25, 0.3) is 0 Å². The van der Waals surface area contributed by atoms with Crippen molar-refractivity contribution in [3.63, 3.8) is 0 Å². The van der Waals surface area contributed by atoms with E-state index in [2.05, 4.69) is 15.3 Å². The van der Waals surface area contributed by atoms with Crippen LogP contribution in [0.25, 0.3) is 0 Å². The molecule has 1 heterocycles. The number of anilines is 1. The van der Waals surface area contributed by atoms with E-state index < -0.39 is 5.82 Å². The largest absolute Gasteiger partial charge is 0.436 e. The van der Waals surface area contributed by atoms with E-state index in [1.54, 1.807) is 6.07 Å². The van der Waals surface area contributed by atoms with Gasteiger partial charge in [0.2, 0.25) is 5.88 Å². The Hall–Kier alpha value is -2.68. The van der Waals surface area contributed by atoms with Crippen molar-refractivity contribution in [2.45, 2.75) is 13.3 Å². The molecular formula is C14H13FN4O. The zero-order valence-electron chi connectivity index (χ0n) is 10.9. The Morgan fingerprint density at radius 3 is 2.90 bits per heavy atom. The van der Waals surface area contributed by atoms with Gasteiger partial charge in [0.1, 0.15) is 12.1 Å². The van der Waals surface area contributed by atoms with Crippen molar-refractivity contribution in [3.05, 3.63) is 42.0 Å². The van der Waals surface area contributed by atoms with Gasteiger partial charge in [-0.25, -0.2) is 14.4 Å². The normalized spacial score (nSPS) is 9.85. The van der Waals surface area contributed by atoms with Crippen molar-refractivity contribution < 1.29 is 9.13 Å². The summed E-state index contributed by atoms with van der Waals surface area (Å²) in [5.74, 6) is 0.267. The third-order valence-electron chi connectivity index (χ3n) is 2.47. The highest BCUT2D eigenvalue weighted by atomic mass is 19.1. The molecule has 102 valence electrons. The Kier molecular flexibility index (Phi) is 4.45. The molecule has 1 aromatic carbocycles. The number of nitriles is 1. The van der Waals surface area contributed by atoms with E-state index in [1.165, 1.54) is 18.5 Å². The quantitative estimate of drug-likeness (QED) is 0.905. The van der Waals surface area contributed by atoms with Gasteiger partial charge in [-0.15, -0.1) is 0 Å². The van der Waals surface area contributed by atoms with Crippen molar-refractivity contribution in [1.29, 1.82) is 5.26 Å². The van der Waals surface area contributed by atoms with Gasteiger partial charge in [-0.05, 0) is 24.6 Å². The highest BCUT2D eigenvalue weighted by Crippen LogP contribution is 2.24. The SMILES string of the molecule is CCCNc1cc(Oc2ccc(C#N)cc2F)ncn1. The number of hydrogen-bond acceptors (Lipinski definition) is 5. The Morgan fingerprint density at radius 1 is 1.35 bits per heavy atom. The van der Waals surface area contributed by atoms with Crippen molar-refractivity contribution in [1.82, 2.24) is 9.97 Å². The second kappa shape index (κ2) is 6.48. The maximum absolute atomic E-state index is 13.7. The number of halogens is 1. The molecule has 0 aliphatic rings. The summed E-state index contributed by atoms with van der Waals surface area (Å²) in [6.07, 6.45) is 2.30. The van der Waals surface area contributed by atoms with Crippen LogP contribution in [0.2, 0.25) is 0 Å². The van der Waals surface area contributed by atoms with E-state index in [0.29, 0.717) is 5.82 Å². The highest BCUT2D eigenvalue weighted by Gasteiger charge is 2.07. The third kappa shape index (κ3) is 3.42. The number of nitrogens with one attached hydrogen (secondary N) is 1. The summed E-state index contributed by atoms with van der Waals surface area (Å²) in [6.45, 7) is 2.82. The summed E-state index contributed by atoms with van der Waals surface area (Å²) < 4.78 is 19.0. The number of hydrogen-bond donors (Lipinski definition) is 1. The first-order valence-corrected chi connectivity index (χ1v) is 6.16. The minimum atomic E-state index is -0.606. The van der Waals surface area contributed by atoms with Crippen molar-refractivity contribution in [2.75, 3.05) is 11.9 Å². The molecule has 0 atom stereocenters. The van der Waals surface area contributed by atoms with Gasteiger partial charge in [0, 0.05) is 12.6 Å². The molecule has 0 saturated carbocycles. The lowest BCUT2D eigenvalue weighted by molar-refractivity contribution is 0.426. The topological polar surface area (TPSA) is 70.8 Å². The molecule has 1 aromatic heterocycles.